The Morgan fingerprint density at radius 3 is 2.67 bits per heavy atom. The van der Waals surface area contributed by atoms with Crippen LogP contribution in [0.2, 0.25) is 0 Å². The zero-order valence-electron chi connectivity index (χ0n) is 13.3. The lowest BCUT2D eigenvalue weighted by atomic mass is 9.86. The van der Waals surface area contributed by atoms with Gasteiger partial charge in [0.1, 0.15) is 23.9 Å². The standard InChI is InChI=1S/C18H18N6/c19-8-13-5-14(3-4-20-13)24-15-6-16(24)10-23(9-15)18-7-17(12-1-2-12)21-11-22-18/h3-5,7,11-12,15-16H,1-2,6,9-10H2. The van der Waals surface area contributed by atoms with Gasteiger partial charge < -0.3 is 9.80 Å². The number of rotatable bonds is 3. The highest BCUT2D eigenvalue weighted by molar-refractivity contribution is 5.57. The van der Waals surface area contributed by atoms with E-state index in [0.717, 1.165) is 24.6 Å². The molecule has 2 aromatic rings. The molecule has 2 bridgehead atoms. The molecule has 1 aliphatic carbocycles. The van der Waals surface area contributed by atoms with Gasteiger partial charge in [-0.05, 0) is 31.4 Å². The van der Waals surface area contributed by atoms with E-state index in [4.69, 9.17) is 5.26 Å². The number of nitrogens with zero attached hydrogens (tertiary/aromatic N) is 6. The monoisotopic (exact) mass is 318 g/mol. The van der Waals surface area contributed by atoms with Crippen molar-refractivity contribution in [1.82, 2.24) is 15.0 Å². The molecule has 4 fully saturated rings. The Hall–Kier alpha value is -2.68. The van der Waals surface area contributed by atoms with Crippen LogP contribution in [0.15, 0.2) is 30.7 Å². The van der Waals surface area contributed by atoms with E-state index in [1.165, 1.54) is 25.0 Å². The maximum atomic E-state index is 9.05. The third kappa shape index (κ3) is 2.20. The molecule has 6 nitrogen and oxygen atoms in total. The second kappa shape index (κ2) is 5.17. The van der Waals surface area contributed by atoms with Crippen LogP contribution >= 0.6 is 0 Å². The van der Waals surface area contributed by atoms with Crippen LogP contribution in [0.25, 0.3) is 0 Å². The van der Waals surface area contributed by atoms with Gasteiger partial charge in [-0.2, -0.15) is 5.26 Å². The van der Waals surface area contributed by atoms with Crippen LogP contribution in [0.5, 0.6) is 0 Å². The molecule has 2 atom stereocenters. The number of hydrogen-bond donors (Lipinski definition) is 0. The zero-order chi connectivity index (χ0) is 16.1. The lowest BCUT2D eigenvalue weighted by Gasteiger charge is -2.57. The lowest BCUT2D eigenvalue weighted by Crippen LogP contribution is -2.69. The summed E-state index contributed by atoms with van der Waals surface area (Å²) in [7, 11) is 0. The molecule has 120 valence electrons. The van der Waals surface area contributed by atoms with Gasteiger partial charge in [-0.3, -0.25) is 0 Å². The van der Waals surface area contributed by atoms with Gasteiger partial charge in [0.25, 0.3) is 0 Å². The third-order valence-corrected chi connectivity index (χ3v) is 5.34. The Balaban J connectivity index is 1.35. The van der Waals surface area contributed by atoms with Gasteiger partial charge in [0, 0.05) is 54.7 Å². The van der Waals surface area contributed by atoms with Gasteiger partial charge in [-0.1, -0.05) is 0 Å². The van der Waals surface area contributed by atoms with E-state index < -0.39 is 0 Å². The number of anilines is 2. The van der Waals surface area contributed by atoms with Crippen LogP contribution in [-0.2, 0) is 0 Å². The molecule has 0 radical (unpaired) electrons. The van der Waals surface area contributed by atoms with Gasteiger partial charge in [0.15, 0.2) is 0 Å². The topological polar surface area (TPSA) is 68.9 Å². The number of nitriles is 1. The molecule has 5 heterocycles. The molecule has 0 aromatic carbocycles. The Kier molecular flexibility index (Phi) is 2.96. The van der Waals surface area contributed by atoms with Crippen LogP contribution in [-0.4, -0.2) is 40.1 Å². The minimum Gasteiger partial charge on any atom is -0.362 e. The van der Waals surface area contributed by atoms with Crippen LogP contribution in [0.4, 0.5) is 11.5 Å². The van der Waals surface area contributed by atoms with E-state index in [1.54, 1.807) is 12.5 Å². The molecule has 2 aromatic heterocycles. The van der Waals surface area contributed by atoms with Crippen molar-refractivity contribution in [3.05, 3.63) is 42.1 Å². The van der Waals surface area contributed by atoms with Crippen LogP contribution in [0, 0.1) is 11.3 Å². The first-order chi connectivity index (χ1) is 11.8. The highest BCUT2D eigenvalue weighted by Gasteiger charge is 2.45. The summed E-state index contributed by atoms with van der Waals surface area (Å²) in [6.07, 6.45) is 7.17. The van der Waals surface area contributed by atoms with Crippen molar-refractivity contribution in [3.8, 4) is 6.07 Å². The van der Waals surface area contributed by atoms with Crippen molar-refractivity contribution in [2.24, 2.45) is 0 Å². The number of pyridine rings is 1. The molecule has 0 N–H and O–H groups in total. The smallest absolute Gasteiger partial charge is 0.142 e. The number of aromatic nitrogens is 3. The van der Waals surface area contributed by atoms with E-state index in [2.05, 4.69) is 36.9 Å². The summed E-state index contributed by atoms with van der Waals surface area (Å²) in [5.41, 5.74) is 2.80. The van der Waals surface area contributed by atoms with E-state index in [9.17, 15) is 0 Å². The van der Waals surface area contributed by atoms with Crippen molar-refractivity contribution in [2.75, 3.05) is 22.9 Å². The van der Waals surface area contributed by atoms with Crippen LogP contribution < -0.4 is 9.80 Å². The highest BCUT2D eigenvalue weighted by Crippen LogP contribution is 2.41. The summed E-state index contributed by atoms with van der Waals surface area (Å²) in [4.78, 5) is 17.8. The van der Waals surface area contributed by atoms with Gasteiger partial charge in [-0.15, -0.1) is 0 Å². The molecule has 4 aliphatic rings. The molecule has 3 saturated heterocycles. The summed E-state index contributed by atoms with van der Waals surface area (Å²) >= 11 is 0. The van der Waals surface area contributed by atoms with Crippen molar-refractivity contribution in [2.45, 2.75) is 37.3 Å². The minimum absolute atomic E-state index is 0.483. The fraction of sp³-hybridized carbons (Fsp3) is 0.444. The normalized spacial score (nSPS) is 25.1. The molecule has 0 spiro atoms. The largest absolute Gasteiger partial charge is 0.362 e. The molecule has 24 heavy (non-hydrogen) atoms. The second-order valence-electron chi connectivity index (χ2n) is 6.94. The van der Waals surface area contributed by atoms with E-state index in [-0.39, 0.29) is 0 Å². The Labute approximate surface area is 140 Å². The van der Waals surface area contributed by atoms with Crippen molar-refractivity contribution >= 4 is 11.5 Å². The van der Waals surface area contributed by atoms with Crippen molar-refractivity contribution in [1.29, 1.82) is 5.26 Å². The predicted octanol–water partition coefficient (Wildman–Crippen LogP) is 2.09. The highest BCUT2D eigenvalue weighted by atomic mass is 15.4. The lowest BCUT2D eigenvalue weighted by molar-refractivity contribution is 0.290. The molecule has 1 saturated carbocycles. The van der Waals surface area contributed by atoms with Crippen molar-refractivity contribution < 1.29 is 0 Å². The number of piperidine rings is 1. The molecular formula is C18H18N6. The maximum Gasteiger partial charge on any atom is 0.142 e. The third-order valence-electron chi connectivity index (χ3n) is 5.34. The summed E-state index contributed by atoms with van der Waals surface area (Å²) in [6.45, 7) is 1.95. The first-order valence-electron chi connectivity index (χ1n) is 8.53. The molecule has 6 heteroatoms. The van der Waals surface area contributed by atoms with E-state index >= 15 is 0 Å². The van der Waals surface area contributed by atoms with Gasteiger partial charge >= 0.3 is 0 Å². The molecule has 0 amide bonds. The van der Waals surface area contributed by atoms with Crippen LogP contribution in [0.1, 0.15) is 36.6 Å². The SMILES string of the molecule is N#Cc1cc(N2C3CC2CN(c2cc(C4CC4)ncn2)C3)ccn1. The molecule has 2 unspecified atom stereocenters. The van der Waals surface area contributed by atoms with Crippen molar-refractivity contribution in [3.63, 3.8) is 0 Å². The summed E-state index contributed by atoms with van der Waals surface area (Å²) in [5.74, 6) is 1.72. The minimum atomic E-state index is 0.483. The van der Waals surface area contributed by atoms with Gasteiger partial charge in [0.2, 0.25) is 0 Å². The average Bonchev–Trinajstić information content (AvgIpc) is 3.47. The Morgan fingerprint density at radius 2 is 1.92 bits per heavy atom. The fourth-order valence-electron chi connectivity index (χ4n) is 4.00. The summed E-state index contributed by atoms with van der Waals surface area (Å²) in [5, 5.41) is 9.05. The first-order valence-corrected chi connectivity index (χ1v) is 8.53. The van der Waals surface area contributed by atoms with E-state index in [1.807, 2.05) is 12.1 Å². The summed E-state index contributed by atoms with van der Waals surface area (Å²) in [6, 6.07) is 9.17. The van der Waals surface area contributed by atoms with E-state index in [0.29, 0.717) is 23.7 Å². The average molecular weight is 318 g/mol. The predicted molar refractivity (Wildman–Crippen MR) is 89.8 cm³/mol. The van der Waals surface area contributed by atoms with Crippen LogP contribution in [0.3, 0.4) is 0 Å². The van der Waals surface area contributed by atoms with Gasteiger partial charge in [-0.25, -0.2) is 15.0 Å². The zero-order valence-corrected chi connectivity index (χ0v) is 13.3. The Bertz CT molecular complexity index is 812. The number of hydrogen-bond acceptors (Lipinski definition) is 6. The fourth-order valence-corrected chi connectivity index (χ4v) is 4.00. The molecular weight excluding hydrogens is 300 g/mol. The second-order valence-corrected chi connectivity index (χ2v) is 6.94. The number of fused-ring (bicyclic) bond motifs is 2. The quantitative estimate of drug-likeness (QED) is 0.863. The molecule has 6 rings (SSSR count). The molecule has 3 aliphatic heterocycles. The number of piperazine rings is 1. The summed E-state index contributed by atoms with van der Waals surface area (Å²) < 4.78 is 0. The maximum absolute atomic E-state index is 9.05. The van der Waals surface area contributed by atoms with Gasteiger partial charge in [0.05, 0.1) is 0 Å². The Morgan fingerprint density at radius 1 is 1.08 bits per heavy atom. The first kappa shape index (κ1) is 13.7.